The largest absolute Gasteiger partial charge is 0.357 e. The van der Waals surface area contributed by atoms with Crippen molar-refractivity contribution in [1.82, 2.24) is 0 Å². The van der Waals surface area contributed by atoms with Crippen molar-refractivity contribution in [2.24, 2.45) is 0 Å². The second-order valence-corrected chi connectivity index (χ2v) is 3.30. The molecule has 0 aliphatic heterocycles. The van der Waals surface area contributed by atoms with Crippen molar-refractivity contribution in [3.05, 3.63) is 0 Å². The van der Waals surface area contributed by atoms with Crippen LogP contribution in [0.15, 0.2) is 0 Å². The van der Waals surface area contributed by atoms with Crippen LogP contribution in [-0.2, 0) is 0 Å². The molecule has 0 aliphatic carbocycles. The first-order chi connectivity index (χ1) is 5.41. The molecule has 0 saturated heterocycles. The second-order valence-electron chi connectivity index (χ2n) is 2.86. The number of rotatable bonds is 8. The summed E-state index contributed by atoms with van der Waals surface area (Å²) in [5, 5.41) is 2.39. The van der Waals surface area contributed by atoms with Gasteiger partial charge in [0.25, 0.3) is 0 Å². The van der Waals surface area contributed by atoms with E-state index >= 15 is 0 Å². The minimum atomic E-state index is 1.04. The summed E-state index contributed by atoms with van der Waals surface area (Å²) in [6, 6.07) is 0. The maximum Gasteiger partial charge on any atom is 0.0809 e. The molecule has 5 N–H and O–H groups in total. The molecule has 0 amide bonds. The molecule has 0 saturated carbocycles. The molecule has 68 valence electrons. The van der Waals surface area contributed by atoms with E-state index in [1.807, 2.05) is 0 Å². The van der Waals surface area contributed by atoms with Gasteiger partial charge in [0.15, 0.2) is 0 Å². The first-order valence-corrected chi connectivity index (χ1v) is 5.27. The number of hydrogen-bond donors (Lipinski definition) is 3. The van der Waals surface area contributed by atoms with Gasteiger partial charge in [-0.25, -0.2) is 0 Å². The van der Waals surface area contributed by atoms with Gasteiger partial charge in [-0.3, -0.25) is 0 Å². The Labute approximate surface area is 75.3 Å². The third kappa shape index (κ3) is 10.3. The van der Waals surface area contributed by atoms with Gasteiger partial charge in [-0.1, -0.05) is 0 Å². The van der Waals surface area contributed by atoms with Crippen LogP contribution in [0.3, 0.4) is 0 Å². The van der Waals surface area contributed by atoms with Gasteiger partial charge in [-0.05, 0) is 25.0 Å². The Morgan fingerprint density at radius 2 is 1.73 bits per heavy atom. The zero-order valence-electron chi connectivity index (χ0n) is 7.39. The Morgan fingerprint density at radius 1 is 1.00 bits per heavy atom. The van der Waals surface area contributed by atoms with Crippen LogP contribution in [0.2, 0.25) is 0 Å². The summed E-state index contributed by atoms with van der Waals surface area (Å²) < 4.78 is 0. The molecule has 11 heavy (non-hydrogen) atoms. The van der Waals surface area contributed by atoms with E-state index in [1.54, 1.807) is 0 Å². The molecular weight excluding hydrogens is 156 g/mol. The minimum Gasteiger partial charge on any atom is -0.357 e. The highest BCUT2D eigenvalue weighted by atomic mass is 32.1. The number of nitrogens with two attached hydrogens (primary N) is 1. The summed E-state index contributed by atoms with van der Waals surface area (Å²) in [5.74, 6) is 1.04. The number of hydrogen-bond acceptors (Lipinski definition) is 1. The molecule has 0 bridgehead atoms. The van der Waals surface area contributed by atoms with Gasteiger partial charge in [0.1, 0.15) is 0 Å². The van der Waals surface area contributed by atoms with Crippen LogP contribution in [0.4, 0.5) is 0 Å². The minimum absolute atomic E-state index is 1.04. The molecule has 0 aromatic carbocycles. The molecule has 0 aromatic rings. The summed E-state index contributed by atoms with van der Waals surface area (Å²) in [7, 11) is 0. The van der Waals surface area contributed by atoms with E-state index in [9.17, 15) is 0 Å². The van der Waals surface area contributed by atoms with Crippen molar-refractivity contribution in [2.75, 3.05) is 25.4 Å². The molecule has 0 heterocycles. The summed E-state index contributed by atoms with van der Waals surface area (Å²) >= 11 is 4.16. The van der Waals surface area contributed by atoms with Crippen LogP contribution in [0.5, 0.6) is 0 Å². The lowest BCUT2D eigenvalue weighted by atomic mass is 10.2. The zero-order valence-corrected chi connectivity index (χ0v) is 8.28. The van der Waals surface area contributed by atoms with Gasteiger partial charge in [-0.15, -0.1) is 0 Å². The highest BCUT2D eigenvalue weighted by Crippen LogP contribution is 1.93. The molecule has 0 aromatic heterocycles. The van der Waals surface area contributed by atoms with Crippen molar-refractivity contribution in [1.29, 1.82) is 0 Å². The molecular formula is C8H22N2S+2. The van der Waals surface area contributed by atoms with Crippen LogP contribution < -0.4 is 11.1 Å². The Bertz CT molecular complexity index is 61.1. The maximum atomic E-state index is 4.16. The Kier molecular flexibility index (Phi) is 10.5. The van der Waals surface area contributed by atoms with Crippen molar-refractivity contribution in [3.63, 3.8) is 0 Å². The van der Waals surface area contributed by atoms with E-state index in [0.29, 0.717) is 0 Å². The fourth-order valence-corrected chi connectivity index (χ4v) is 1.23. The topological polar surface area (TPSA) is 44.2 Å². The van der Waals surface area contributed by atoms with Gasteiger partial charge >= 0.3 is 0 Å². The van der Waals surface area contributed by atoms with Crippen molar-refractivity contribution in [3.8, 4) is 0 Å². The molecule has 0 aliphatic rings. The standard InChI is InChI=1S/C8H20N2S/c9-5-4-7-10-6-2-1-3-8-11/h10-11H,1-9H2/p+2. The van der Waals surface area contributed by atoms with E-state index in [4.69, 9.17) is 0 Å². The molecule has 0 fully saturated rings. The Hall–Kier alpha value is 0.270. The molecule has 0 atom stereocenters. The molecule has 0 rings (SSSR count). The summed E-state index contributed by atoms with van der Waals surface area (Å²) in [4.78, 5) is 0. The van der Waals surface area contributed by atoms with Gasteiger partial charge in [0.05, 0.1) is 19.6 Å². The van der Waals surface area contributed by atoms with Crippen LogP contribution in [0.25, 0.3) is 0 Å². The average molecular weight is 178 g/mol. The fraction of sp³-hybridized carbons (Fsp3) is 1.00. The first-order valence-electron chi connectivity index (χ1n) is 4.63. The van der Waals surface area contributed by atoms with Gasteiger partial charge < -0.3 is 11.1 Å². The van der Waals surface area contributed by atoms with E-state index in [-0.39, 0.29) is 0 Å². The average Bonchev–Trinajstić information content (AvgIpc) is 2.03. The third-order valence-electron chi connectivity index (χ3n) is 1.72. The van der Waals surface area contributed by atoms with E-state index in [1.165, 1.54) is 38.8 Å². The van der Waals surface area contributed by atoms with Crippen molar-refractivity contribution < 1.29 is 11.1 Å². The predicted molar refractivity (Wildman–Crippen MR) is 51.7 cm³/mol. The smallest absolute Gasteiger partial charge is 0.0809 e. The van der Waals surface area contributed by atoms with Gasteiger partial charge in [-0.2, -0.15) is 12.6 Å². The molecule has 0 radical (unpaired) electrons. The van der Waals surface area contributed by atoms with Crippen LogP contribution >= 0.6 is 12.6 Å². The van der Waals surface area contributed by atoms with Gasteiger partial charge in [0.2, 0.25) is 0 Å². The Morgan fingerprint density at radius 3 is 2.36 bits per heavy atom. The third-order valence-corrected chi connectivity index (χ3v) is 2.04. The molecule has 0 unspecified atom stereocenters. The molecule has 2 nitrogen and oxygen atoms in total. The fourth-order valence-electron chi connectivity index (χ4n) is 1.01. The lowest BCUT2D eigenvalue weighted by Gasteiger charge is -1.98. The van der Waals surface area contributed by atoms with Crippen LogP contribution in [0.1, 0.15) is 25.7 Å². The number of unbranched alkanes of at least 4 members (excludes halogenated alkanes) is 2. The number of thiol groups is 1. The first kappa shape index (κ1) is 11.3. The molecule has 3 heteroatoms. The second kappa shape index (κ2) is 10.3. The predicted octanol–water partition coefficient (Wildman–Crippen LogP) is -0.718. The summed E-state index contributed by atoms with van der Waals surface area (Å²) in [6.45, 7) is 3.62. The van der Waals surface area contributed by atoms with Crippen molar-refractivity contribution in [2.45, 2.75) is 25.7 Å². The van der Waals surface area contributed by atoms with Crippen LogP contribution in [0, 0.1) is 0 Å². The SMILES string of the molecule is [NH3+]CCC[NH2+]CCCCCS. The highest BCUT2D eigenvalue weighted by molar-refractivity contribution is 7.80. The maximum absolute atomic E-state index is 4.16. The highest BCUT2D eigenvalue weighted by Gasteiger charge is 1.91. The molecule has 0 spiro atoms. The Balaban J connectivity index is 2.69. The van der Waals surface area contributed by atoms with E-state index < -0.39 is 0 Å². The normalized spacial score (nSPS) is 10.4. The quantitative estimate of drug-likeness (QED) is 0.325. The summed E-state index contributed by atoms with van der Waals surface area (Å²) in [5.41, 5.74) is 3.80. The lowest BCUT2D eigenvalue weighted by Crippen LogP contribution is -2.84. The van der Waals surface area contributed by atoms with Crippen molar-refractivity contribution >= 4 is 12.6 Å². The monoisotopic (exact) mass is 178 g/mol. The van der Waals surface area contributed by atoms with Crippen LogP contribution in [-0.4, -0.2) is 25.4 Å². The van der Waals surface area contributed by atoms with E-state index in [0.717, 1.165) is 12.3 Å². The summed E-state index contributed by atoms with van der Waals surface area (Å²) in [6.07, 6.45) is 5.21. The number of quaternary nitrogens is 2. The van der Waals surface area contributed by atoms with E-state index in [2.05, 4.69) is 23.7 Å². The zero-order chi connectivity index (χ0) is 8.36. The van der Waals surface area contributed by atoms with Gasteiger partial charge in [0, 0.05) is 6.42 Å². The lowest BCUT2D eigenvalue weighted by molar-refractivity contribution is -0.657.